The van der Waals surface area contributed by atoms with Gasteiger partial charge < -0.3 is 10.2 Å². The topological polar surface area (TPSA) is 32.3 Å². The first-order valence-electron chi connectivity index (χ1n) is 10.0. The predicted molar refractivity (Wildman–Crippen MR) is 106 cm³/mol. The Balaban J connectivity index is 4.36. The van der Waals surface area contributed by atoms with E-state index in [1.165, 1.54) is 57.8 Å². The lowest BCUT2D eigenvalue weighted by molar-refractivity contribution is -0.118. The SMILES string of the molecule is C=C(C)C(=O)NC(CCCCCCCCC)CC(CCC)N(C)C. The highest BCUT2D eigenvalue weighted by atomic mass is 16.1. The van der Waals surface area contributed by atoms with Crippen LogP contribution in [0.2, 0.25) is 0 Å². The van der Waals surface area contributed by atoms with E-state index in [1.54, 1.807) is 6.92 Å². The second-order valence-corrected chi connectivity index (χ2v) is 7.50. The molecule has 3 nitrogen and oxygen atoms in total. The first kappa shape index (κ1) is 23.2. The molecule has 0 saturated carbocycles. The van der Waals surface area contributed by atoms with Gasteiger partial charge >= 0.3 is 0 Å². The standard InChI is InChI=1S/C21H42N2O/c1-7-9-10-11-12-13-14-16-19(22-21(24)18(3)4)17-20(15-8-2)23(5)6/h19-20H,3,7-17H2,1-2,4-6H3,(H,22,24). The summed E-state index contributed by atoms with van der Waals surface area (Å²) in [5.41, 5.74) is 0.608. The number of hydrogen-bond acceptors (Lipinski definition) is 2. The van der Waals surface area contributed by atoms with E-state index in [-0.39, 0.29) is 11.9 Å². The van der Waals surface area contributed by atoms with Crippen LogP contribution < -0.4 is 5.32 Å². The normalized spacial score (nSPS) is 13.8. The van der Waals surface area contributed by atoms with Crippen LogP contribution >= 0.6 is 0 Å². The monoisotopic (exact) mass is 338 g/mol. The molecule has 0 aliphatic rings. The zero-order valence-electron chi connectivity index (χ0n) is 17.0. The van der Waals surface area contributed by atoms with Gasteiger partial charge in [0.05, 0.1) is 0 Å². The molecule has 1 N–H and O–H groups in total. The molecule has 0 bridgehead atoms. The second-order valence-electron chi connectivity index (χ2n) is 7.50. The lowest BCUT2D eigenvalue weighted by atomic mass is 9.96. The first-order valence-corrected chi connectivity index (χ1v) is 10.0. The molecule has 0 aromatic heterocycles. The van der Waals surface area contributed by atoms with Crippen molar-refractivity contribution in [2.75, 3.05) is 14.1 Å². The van der Waals surface area contributed by atoms with E-state index in [1.807, 2.05) is 0 Å². The van der Waals surface area contributed by atoms with Crippen LogP contribution in [-0.4, -0.2) is 37.0 Å². The summed E-state index contributed by atoms with van der Waals surface area (Å²) in [6.45, 7) is 10.0. The van der Waals surface area contributed by atoms with Crippen molar-refractivity contribution in [2.45, 2.75) is 103 Å². The first-order chi connectivity index (χ1) is 11.4. The Labute approximate surface area is 151 Å². The van der Waals surface area contributed by atoms with Crippen molar-refractivity contribution in [3.63, 3.8) is 0 Å². The Hall–Kier alpha value is -0.830. The molecule has 142 valence electrons. The minimum atomic E-state index is 0.0111. The molecule has 24 heavy (non-hydrogen) atoms. The summed E-state index contributed by atoms with van der Waals surface area (Å²) in [6, 6.07) is 0.804. The van der Waals surface area contributed by atoms with Gasteiger partial charge in [0.2, 0.25) is 5.91 Å². The summed E-state index contributed by atoms with van der Waals surface area (Å²) in [5, 5.41) is 3.21. The van der Waals surface area contributed by atoms with Gasteiger partial charge in [0.25, 0.3) is 0 Å². The third-order valence-electron chi connectivity index (χ3n) is 4.79. The number of amides is 1. The highest BCUT2D eigenvalue weighted by molar-refractivity contribution is 5.92. The maximum atomic E-state index is 12.0. The predicted octanol–water partition coefficient (Wildman–Crippen LogP) is 5.31. The van der Waals surface area contributed by atoms with E-state index < -0.39 is 0 Å². The fraction of sp³-hybridized carbons (Fsp3) is 0.857. The Bertz CT molecular complexity index is 339. The highest BCUT2D eigenvalue weighted by Gasteiger charge is 2.19. The second kappa shape index (κ2) is 14.5. The van der Waals surface area contributed by atoms with Crippen molar-refractivity contribution >= 4 is 5.91 Å². The van der Waals surface area contributed by atoms with Gasteiger partial charge in [0.15, 0.2) is 0 Å². The van der Waals surface area contributed by atoms with Gasteiger partial charge in [-0.1, -0.05) is 71.8 Å². The van der Waals surface area contributed by atoms with Gasteiger partial charge in [0.1, 0.15) is 0 Å². The molecule has 0 aromatic rings. The Morgan fingerprint density at radius 1 is 0.958 bits per heavy atom. The van der Waals surface area contributed by atoms with Crippen LogP contribution in [0.5, 0.6) is 0 Å². The van der Waals surface area contributed by atoms with Crippen molar-refractivity contribution in [1.82, 2.24) is 10.2 Å². The largest absolute Gasteiger partial charge is 0.350 e. The summed E-state index contributed by atoms with van der Waals surface area (Å²) in [7, 11) is 4.29. The van der Waals surface area contributed by atoms with E-state index in [0.29, 0.717) is 11.6 Å². The van der Waals surface area contributed by atoms with Gasteiger partial charge in [-0.05, 0) is 40.3 Å². The Morgan fingerprint density at radius 3 is 2.04 bits per heavy atom. The van der Waals surface area contributed by atoms with Crippen LogP contribution in [0, 0.1) is 0 Å². The van der Waals surface area contributed by atoms with Crippen LogP contribution in [0.15, 0.2) is 12.2 Å². The Morgan fingerprint density at radius 2 is 1.54 bits per heavy atom. The summed E-state index contributed by atoms with van der Waals surface area (Å²) in [5.74, 6) is 0.0111. The number of hydrogen-bond donors (Lipinski definition) is 1. The van der Waals surface area contributed by atoms with Gasteiger partial charge in [-0.15, -0.1) is 0 Å². The molecule has 0 fully saturated rings. The number of carbonyl (C=O) groups excluding carboxylic acids is 1. The number of rotatable bonds is 15. The van der Waals surface area contributed by atoms with Crippen LogP contribution in [0.3, 0.4) is 0 Å². The number of nitrogens with zero attached hydrogens (tertiary/aromatic N) is 1. The van der Waals surface area contributed by atoms with Gasteiger partial charge in [-0.25, -0.2) is 0 Å². The van der Waals surface area contributed by atoms with Crippen LogP contribution in [-0.2, 0) is 4.79 Å². The smallest absolute Gasteiger partial charge is 0.246 e. The van der Waals surface area contributed by atoms with Crippen molar-refractivity contribution in [1.29, 1.82) is 0 Å². The van der Waals surface area contributed by atoms with Crippen LogP contribution in [0.1, 0.15) is 91.4 Å². The van der Waals surface area contributed by atoms with Gasteiger partial charge in [-0.3, -0.25) is 4.79 Å². The van der Waals surface area contributed by atoms with E-state index >= 15 is 0 Å². The maximum Gasteiger partial charge on any atom is 0.246 e. The Kier molecular flexibility index (Phi) is 14.0. The van der Waals surface area contributed by atoms with Crippen LogP contribution in [0.4, 0.5) is 0 Å². The zero-order chi connectivity index (χ0) is 18.4. The molecule has 2 atom stereocenters. The quantitative estimate of drug-likeness (QED) is 0.324. The minimum absolute atomic E-state index is 0.0111. The molecule has 0 heterocycles. The molecule has 0 spiro atoms. The van der Waals surface area contributed by atoms with E-state index in [2.05, 4.69) is 44.7 Å². The fourth-order valence-corrected chi connectivity index (χ4v) is 3.15. The van der Waals surface area contributed by atoms with E-state index in [4.69, 9.17) is 0 Å². The number of unbranched alkanes of at least 4 members (excludes halogenated alkanes) is 6. The third-order valence-corrected chi connectivity index (χ3v) is 4.79. The molecule has 3 heteroatoms. The molecule has 0 aliphatic carbocycles. The number of carbonyl (C=O) groups is 1. The summed E-state index contributed by atoms with van der Waals surface area (Å²) in [4.78, 5) is 14.3. The summed E-state index contributed by atoms with van der Waals surface area (Å²) >= 11 is 0. The maximum absolute atomic E-state index is 12.0. The van der Waals surface area contributed by atoms with Crippen LogP contribution in [0.25, 0.3) is 0 Å². The summed E-state index contributed by atoms with van der Waals surface area (Å²) < 4.78 is 0. The molecule has 0 saturated heterocycles. The minimum Gasteiger partial charge on any atom is -0.350 e. The lowest BCUT2D eigenvalue weighted by Gasteiger charge is -2.29. The molecule has 0 radical (unpaired) electrons. The zero-order valence-corrected chi connectivity index (χ0v) is 17.0. The molecule has 0 aromatic carbocycles. The van der Waals surface area contributed by atoms with Crippen molar-refractivity contribution in [2.24, 2.45) is 0 Å². The molecule has 0 rings (SSSR count). The van der Waals surface area contributed by atoms with E-state index in [9.17, 15) is 4.79 Å². The average Bonchev–Trinajstić information content (AvgIpc) is 2.52. The van der Waals surface area contributed by atoms with Gasteiger partial charge in [-0.2, -0.15) is 0 Å². The van der Waals surface area contributed by atoms with Crippen molar-refractivity contribution in [3.8, 4) is 0 Å². The molecule has 1 amide bonds. The molecular formula is C21H42N2O. The molecular weight excluding hydrogens is 296 g/mol. The lowest BCUT2D eigenvalue weighted by Crippen LogP contribution is -2.41. The number of nitrogens with one attached hydrogen (secondary N) is 1. The third kappa shape index (κ3) is 11.7. The van der Waals surface area contributed by atoms with Gasteiger partial charge in [0, 0.05) is 17.7 Å². The van der Waals surface area contributed by atoms with Crippen molar-refractivity contribution in [3.05, 3.63) is 12.2 Å². The summed E-state index contributed by atoms with van der Waals surface area (Å²) in [6.07, 6.45) is 13.7. The molecule has 2 unspecified atom stereocenters. The van der Waals surface area contributed by atoms with Crippen molar-refractivity contribution < 1.29 is 4.79 Å². The molecule has 0 aliphatic heterocycles. The van der Waals surface area contributed by atoms with E-state index in [0.717, 1.165) is 12.8 Å². The average molecular weight is 339 g/mol. The fourth-order valence-electron chi connectivity index (χ4n) is 3.15. The highest BCUT2D eigenvalue weighted by Crippen LogP contribution is 2.16.